The summed E-state index contributed by atoms with van der Waals surface area (Å²) in [5.41, 5.74) is 6.83. The molecule has 2 aromatic heterocycles. The number of imidazole rings is 1. The smallest absolute Gasteiger partial charge is 0.234 e. The predicted molar refractivity (Wildman–Crippen MR) is 73.1 cm³/mol. The van der Waals surface area contributed by atoms with E-state index in [-0.39, 0.29) is 13.0 Å². The van der Waals surface area contributed by atoms with Crippen molar-refractivity contribution >= 4 is 23.2 Å². The number of amides is 1. The van der Waals surface area contributed by atoms with E-state index in [9.17, 15) is 9.18 Å². The lowest BCUT2D eigenvalue weighted by atomic mass is 10.2. The van der Waals surface area contributed by atoms with Crippen molar-refractivity contribution in [3.8, 4) is 0 Å². The van der Waals surface area contributed by atoms with Crippen LogP contribution in [0.5, 0.6) is 0 Å². The summed E-state index contributed by atoms with van der Waals surface area (Å²) in [5.74, 6) is -0.489. The number of alkyl halides is 1. The highest BCUT2D eigenvalue weighted by Crippen LogP contribution is 2.22. The van der Waals surface area contributed by atoms with Crippen LogP contribution in [0.4, 0.5) is 4.39 Å². The molecule has 0 spiro atoms. The van der Waals surface area contributed by atoms with Crippen LogP contribution < -0.4 is 5.73 Å². The molecule has 7 heteroatoms. The van der Waals surface area contributed by atoms with Crippen LogP contribution in [0.2, 0.25) is 5.02 Å². The molecule has 1 amide bonds. The number of nitrogens with two attached hydrogens (primary N) is 1. The Kier molecular flexibility index (Phi) is 3.35. The zero-order valence-corrected chi connectivity index (χ0v) is 11.4. The standard InChI is InChI=1S/C13H14ClFN4O/c14-8-1-2-12-17-10(7-19(12)4-8)6-18-5-9(15)3-11(18)13(16)20/h1-2,4,7,9,11H,3,5-6H2,(H2,16,20)/t9-,11+/m1/s1. The van der Waals surface area contributed by atoms with Gasteiger partial charge in [-0.2, -0.15) is 0 Å². The van der Waals surface area contributed by atoms with Crippen LogP contribution in [-0.2, 0) is 11.3 Å². The number of hydrogen-bond acceptors (Lipinski definition) is 3. The molecular formula is C13H14ClFN4O. The first-order valence-electron chi connectivity index (χ1n) is 6.33. The molecule has 1 aliphatic rings. The van der Waals surface area contributed by atoms with Crippen LogP contribution in [0.3, 0.4) is 0 Å². The Labute approximate surface area is 120 Å². The molecule has 2 N–H and O–H groups in total. The number of rotatable bonds is 3. The zero-order valence-electron chi connectivity index (χ0n) is 10.7. The number of carbonyl (C=O) groups is 1. The third kappa shape index (κ3) is 2.48. The highest BCUT2D eigenvalue weighted by molar-refractivity contribution is 6.30. The third-order valence-electron chi connectivity index (χ3n) is 3.51. The van der Waals surface area contributed by atoms with Gasteiger partial charge in [0.15, 0.2) is 0 Å². The van der Waals surface area contributed by atoms with Gasteiger partial charge in [0.05, 0.1) is 16.8 Å². The molecular weight excluding hydrogens is 283 g/mol. The average Bonchev–Trinajstić information content (AvgIpc) is 2.92. The maximum Gasteiger partial charge on any atom is 0.234 e. The lowest BCUT2D eigenvalue weighted by Crippen LogP contribution is -2.39. The predicted octanol–water partition coefficient (Wildman–Crippen LogP) is 1.39. The van der Waals surface area contributed by atoms with Crippen LogP contribution >= 0.6 is 11.6 Å². The van der Waals surface area contributed by atoms with E-state index < -0.39 is 18.1 Å². The first kappa shape index (κ1) is 13.3. The van der Waals surface area contributed by atoms with E-state index in [1.807, 2.05) is 6.20 Å². The number of nitrogens with zero attached hydrogens (tertiary/aromatic N) is 3. The van der Waals surface area contributed by atoms with Crippen molar-refractivity contribution in [1.82, 2.24) is 14.3 Å². The van der Waals surface area contributed by atoms with Crippen LogP contribution in [0.15, 0.2) is 24.5 Å². The second-order valence-corrected chi connectivity index (χ2v) is 5.46. The fraction of sp³-hybridized carbons (Fsp3) is 0.385. The molecule has 3 rings (SSSR count). The van der Waals surface area contributed by atoms with Crippen molar-refractivity contribution in [1.29, 1.82) is 0 Å². The molecule has 0 bridgehead atoms. The molecule has 0 aromatic carbocycles. The molecule has 20 heavy (non-hydrogen) atoms. The van der Waals surface area contributed by atoms with Crippen molar-refractivity contribution in [3.05, 3.63) is 35.2 Å². The summed E-state index contributed by atoms with van der Waals surface area (Å²) in [4.78, 5) is 17.5. The molecule has 0 saturated carbocycles. The van der Waals surface area contributed by atoms with Crippen molar-refractivity contribution in [2.45, 2.75) is 25.2 Å². The third-order valence-corrected chi connectivity index (χ3v) is 3.73. The van der Waals surface area contributed by atoms with Crippen LogP contribution in [-0.4, -0.2) is 39.0 Å². The van der Waals surface area contributed by atoms with Crippen molar-refractivity contribution < 1.29 is 9.18 Å². The van der Waals surface area contributed by atoms with Crippen LogP contribution in [0.1, 0.15) is 12.1 Å². The summed E-state index contributed by atoms with van der Waals surface area (Å²) in [6.07, 6.45) is 2.72. The van der Waals surface area contributed by atoms with Crippen LogP contribution in [0.25, 0.3) is 5.65 Å². The van der Waals surface area contributed by atoms with Gasteiger partial charge in [0.25, 0.3) is 0 Å². The number of fused-ring (bicyclic) bond motifs is 1. The van der Waals surface area contributed by atoms with Crippen molar-refractivity contribution in [3.63, 3.8) is 0 Å². The van der Waals surface area contributed by atoms with Gasteiger partial charge >= 0.3 is 0 Å². The van der Waals surface area contributed by atoms with Gasteiger partial charge in [0.1, 0.15) is 11.8 Å². The largest absolute Gasteiger partial charge is 0.368 e. The average molecular weight is 297 g/mol. The Bertz CT molecular complexity index is 659. The Morgan fingerprint density at radius 2 is 2.30 bits per heavy atom. The molecule has 0 unspecified atom stereocenters. The molecule has 0 radical (unpaired) electrons. The Morgan fingerprint density at radius 1 is 1.50 bits per heavy atom. The summed E-state index contributed by atoms with van der Waals surface area (Å²) < 4.78 is 15.3. The van der Waals surface area contributed by atoms with Gasteiger partial charge in [-0.1, -0.05) is 11.6 Å². The van der Waals surface area contributed by atoms with Gasteiger partial charge in [0.2, 0.25) is 5.91 Å². The quantitative estimate of drug-likeness (QED) is 0.931. The van der Waals surface area contributed by atoms with E-state index in [1.165, 1.54) is 0 Å². The maximum atomic E-state index is 13.5. The summed E-state index contributed by atoms with van der Waals surface area (Å²) >= 11 is 5.91. The summed E-state index contributed by atoms with van der Waals surface area (Å²) in [6.45, 7) is 0.607. The molecule has 1 aliphatic heterocycles. The fourth-order valence-electron chi connectivity index (χ4n) is 2.62. The summed E-state index contributed by atoms with van der Waals surface area (Å²) in [6, 6.07) is 3.01. The lowest BCUT2D eigenvalue weighted by Gasteiger charge is -2.19. The highest BCUT2D eigenvalue weighted by Gasteiger charge is 2.35. The van der Waals surface area contributed by atoms with E-state index in [0.717, 1.165) is 11.3 Å². The van der Waals surface area contributed by atoms with Gasteiger partial charge in [-0.3, -0.25) is 9.69 Å². The number of carbonyl (C=O) groups excluding carboxylic acids is 1. The van der Waals surface area contributed by atoms with E-state index in [1.54, 1.807) is 27.6 Å². The molecule has 3 heterocycles. The van der Waals surface area contributed by atoms with Crippen molar-refractivity contribution in [2.24, 2.45) is 5.73 Å². The topological polar surface area (TPSA) is 63.6 Å². The minimum absolute atomic E-state index is 0.161. The maximum absolute atomic E-state index is 13.5. The van der Waals surface area contributed by atoms with Gasteiger partial charge in [-0.15, -0.1) is 0 Å². The molecule has 2 aromatic rings. The fourth-order valence-corrected chi connectivity index (χ4v) is 2.79. The van der Waals surface area contributed by atoms with E-state index in [2.05, 4.69) is 4.98 Å². The SMILES string of the molecule is NC(=O)[C@@H]1C[C@@H](F)CN1Cc1cn2cc(Cl)ccc2n1. The summed E-state index contributed by atoms with van der Waals surface area (Å²) in [5, 5.41) is 0.612. The monoisotopic (exact) mass is 296 g/mol. The number of likely N-dealkylation sites (tertiary alicyclic amines) is 1. The highest BCUT2D eigenvalue weighted by atomic mass is 35.5. The molecule has 106 valence electrons. The summed E-state index contributed by atoms with van der Waals surface area (Å²) in [7, 11) is 0. The van der Waals surface area contributed by atoms with E-state index in [4.69, 9.17) is 17.3 Å². The van der Waals surface area contributed by atoms with Gasteiger partial charge in [0, 0.05) is 31.9 Å². The minimum atomic E-state index is -1.01. The zero-order chi connectivity index (χ0) is 14.3. The Morgan fingerprint density at radius 3 is 3.05 bits per heavy atom. The molecule has 5 nitrogen and oxygen atoms in total. The lowest BCUT2D eigenvalue weighted by molar-refractivity contribution is -0.122. The van der Waals surface area contributed by atoms with E-state index in [0.29, 0.717) is 11.6 Å². The first-order chi connectivity index (χ1) is 9.52. The van der Waals surface area contributed by atoms with Crippen molar-refractivity contribution in [2.75, 3.05) is 6.54 Å². The number of hydrogen-bond donors (Lipinski definition) is 1. The Hall–Kier alpha value is -1.66. The Balaban J connectivity index is 1.83. The number of halogens is 2. The van der Waals surface area contributed by atoms with Gasteiger partial charge < -0.3 is 10.1 Å². The van der Waals surface area contributed by atoms with E-state index >= 15 is 0 Å². The van der Waals surface area contributed by atoms with Crippen LogP contribution in [0, 0.1) is 0 Å². The van der Waals surface area contributed by atoms with Gasteiger partial charge in [-0.25, -0.2) is 9.37 Å². The number of primary amides is 1. The number of pyridine rings is 1. The second kappa shape index (κ2) is 5.03. The second-order valence-electron chi connectivity index (χ2n) is 5.03. The molecule has 1 fully saturated rings. The normalized spacial score (nSPS) is 23.5. The molecule has 2 atom stereocenters. The molecule has 1 saturated heterocycles. The molecule has 0 aliphatic carbocycles. The first-order valence-corrected chi connectivity index (χ1v) is 6.71. The minimum Gasteiger partial charge on any atom is -0.368 e. The number of aromatic nitrogens is 2. The van der Waals surface area contributed by atoms with Gasteiger partial charge in [-0.05, 0) is 12.1 Å².